The van der Waals surface area contributed by atoms with Gasteiger partial charge in [-0.05, 0) is 44.0 Å². The molecule has 3 N–H and O–H groups in total. The molecular formula is C23H42N6O. The number of piperazine rings is 1. The van der Waals surface area contributed by atoms with Gasteiger partial charge in [0.25, 0.3) is 0 Å². The third kappa shape index (κ3) is 7.76. The van der Waals surface area contributed by atoms with Gasteiger partial charge in [-0.2, -0.15) is 0 Å². The van der Waals surface area contributed by atoms with Crippen LogP contribution in [0.3, 0.4) is 0 Å². The number of likely N-dealkylation sites (N-methyl/N-ethyl adjacent to an activating group) is 1. The third-order valence-corrected chi connectivity index (χ3v) is 5.73. The molecule has 170 valence electrons. The number of aromatic nitrogens is 1. The predicted molar refractivity (Wildman–Crippen MR) is 126 cm³/mol. The minimum Gasteiger partial charge on any atom is -0.388 e. The number of aliphatic hydroxyl groups is 1. The summed E-state index contributed by atoms with van der Waals surface area (Å²) in [5.41, 5.74) is 0.469. The van der Waals surface area contributed by atoms with E-state index in [4.69, 9.17) is 4.99 Å². The van der Waals surface area contributed by atoms with E-state index in [2.05, 4.69) is 59.2 Å². The van der Waals surface area contributed by atoms with Crippen LogP contribution in [0.5, 0.6) is 0 Å². The zero-order chi connectivity index (χ0) is 21.8. The van der Waals surface area contributed by atoms with Crippen LogP contribution in [-0.2, 0) is 6.54 Å². The molecule has 2 rings (SSSR count). The summed E-state index contributed by atoms with van der Waals surface area (Å²) in [6, 6.07) is 4.18. The van der Waals surface area contributed by atoms with Gasteiger partial charge in [-0.3, -0.25) is 0 Å². The number of pyridine rings is 1. The van der Waals surface area contributed by atoms with Gasteiger partial charge in [-0.25, -0.2) is 9.98 Å². The smallest absolute Gasteiger partial charge is 0.191 e. The molecule has 1 aliphatic heterocycles. The van der Waals surface area contributed by atoms with Crippen LogP contribution in [0.1, 0.15) is 58.9 Å². The molecule has 30 heavy (non-hydrogen) atoms. The normalized spacial score (nSPS) is 16.0. The van der Waals surface area contributed by atoms with E-state index in [1.165, 1.54) is 0 Å². The molecule has 0 unspecified atom stereocenters. The van der Waals surface area contributed by atoms with E-state index < -0.39 is 5.60 Å². The topological polar surface area (TPSA) is 76.0 Å². The highest BCUT2D eigenvalue weighted by atomic mass is 16.3. The van der Waals surface area contributed by atoms with E-state index in [1.54, 1.807) is 0 Å². The highest BCUT2D eigenvalue weighted by Gasteiger charge is 2.25. The molecule has 1 aliphatic rings. The minimum absolute atomic E-state index is 0.518. The predicted octanol–water partition coefficient (Wildman–Crippen LogP) is 2.61. The summed E-state index contributed by atoms with van der Waals surface area (Å²) in [6.07, 6.45) is 5.42. The van der Waals surface area contributed by atoms with Crippen LogP contribution < -0.4 is 15.5 Å². The Morgan fingerprint density at radius 3 is 2.40 bits per heavy atom. The van der Waals surface area contributed by atoms with E-state index in [0.29, 0.717) is 13.1 Å². The fraction of sp³-hybridized carbons (Fsp3) is 0.739. The number of nitrogens with one attached hydrogen (secondary N) is 2. The lowest BCUT2D eigenvalue weighted by Crippen LogP contribution is -2.47. The lowest BCUT2D eigenvalue weighted by atomic mass is 9.93. The van der Waals surface area contributed by atoms with Gasteiger partial charge in [0.15, 0.2) is 5.96 Å². The van der Waals surface area contributed by atoms with E-state index >= 15 is 0 Å². The second-order valence-electron chi connectivity index (χ2n) is 8.22. The maximum atomic E-state index is 10.9. The lowest BCUT2D eigenvalue weighted by molar-refractivity contribution is 0.0257. The number of hydrogen-bond donors (Lipinski definition) is 3. The lowest BCUT2D eigenvalue weighted by Gasteiger charge is -2.34. The summed E-state index contributed by atoms with van der Waals surface area (Å²) in [4.78, 5) is 14.2. The number of nitrogens with zero attached hydrogens (tertiary/aromatic N) is 4. The molecule has 0 aliphatic carbocycles. The van der Waals surface area contributed by atoms with Crippen molar-refractivity contribution in [3.05, 3.63) is 23.9 Å². The van der Waals surface area contributed by atoms with Crippen molar-refractivity contribution in [1.82, 2.24) is 20.5 Å². The first-order chi connectivity index (χ1) is 14.5. The molecule has 0 spiro atoms. The fourth-order valence-corrected chi connectivity index (χ4v) is 4.02. The number of guanidine groups is 1. The monoisotopic (exact) mass is 418 g/mol. The Kier molecular flexibility index (Phi) is 10.4. The van der Waals surface area contributed by atoms with Gasteiger partial charge < -0.3 is 25.5 Å². The molecule has 1 fully saturated rings. The molecule has 0 amide bonds. The quantitative estimate of drug-likeness (QED) is 0.379. The van der Waals surface area contributed by atoms with E-state index in [1.807, 2.05) is 12.3 Å². The zero-order valence-electron chi connectivity index (χ0n) is 19.5. The van der Waals surface area contributed by atoms with Gasteiger partial charge in [0.2, 0.25) is 0 Å². The third-order valence-electron chi connectivity index (χ3n) is 5.73. The summed E-state index contributed by atoms with van der Waals surface area (Å²) in [5.74, 6) is 1.79. The average molecular weight is 419 g/mol. The largest absolute Gasteiger partial charge is 0.388 e. The molecule has 1 aromatic heterocycles. The van der Waals surface area contributed by atoms with Gasteiger partial charge in [-0.1, -0.05) is 33.6 Å². The van der Waals surface area contributed by atoms with Gasteiger partial charge in [0, 0.05) is 45.5 Å². The number of aliphatic imine (C=N–C) groups is 1. The van der Waals surface area contributed by atoms with E-state index in [0.717, 1.165) is 82.3 Å². The van der Waals surface area contributed by atoms with Crippen LogP contribution >= 0.6 is 0 Å². The number of rotatable bonds is 11. The van der Waals surface area contributed by atoms with Crippen LogP contribution in [-0.4, -0.2) is 72.4 Å². The summed E-state index contributed by atoms with van der Waals surface area (Å²) in [7, 11) is 0. The van der Waals surface area contributed by atoms with E-state index in [-0.39, 0.29) is 0 Å². The summed E-state index contributed by atoms with van der Waals surface area (Å²) < 4.78 is 0. The molecule has 2 heterocycles. The molecule has 1 saturated heterocycles. The number of hydrogen-bond acceptors (Lipinski definition) is 5. The van der Waals surface area contributed by atoms with Crippen molar-refractivity contribution < 1.29 is 5.11 Å². The van der Waals surface area contributed by atoms with Gasteiger partial charge in [0.05, 0.1) is 12.1 Å². The van der Waals surface area contributed by atoms with Crippen LogP contribution in [0.15, 0.2) is 23.3 Å². The van der Waals surface area contributed by atoms with Crippen molar-refractivity contribution in [3.8, 4) is 0 Å². The Morgan fingerprint density at radius 1 is 1.10 bits per heavy atom. The molecule has 0 saturated carbocycles. The fourth-order valence-electron chi connectivity index (χ4n) is 4.02. The Labute approximate surface area is 183 Å². The molecule has 1 aromatic rings. The molecule has 7 nitrogen and oxygen atoms in total. The minimum atomic E-state index is -0.676. The Balaban J connectivity index is 1.98. The van der Waals surface area contributed by atoms with Crippen molar-refractivity contribution in [2.75, 3.05) is 50.7 Å². The Bertz CT molecular complexity index is 636. The SMILES string of the molecule is CCCC(O)(CCC)CNC(=NCc1ccnc(N2CCN(CC)CC2)c1)NCC. The molecule has 7 heteroatoms. The standard InChI is InChI=1S/C23H42N6O/c1-5-10-23(30,11-6-2)19-27-22(24-7-3)26-18-20-9-12-25-21(17-20)29-15-13-28(8-4)14-16-29/h9,12,17,30H,5-8,10-11,13-16,18-19H2,1-4H3,(H2,24,26,27). The highest BCUT2D eigenvalue weighted by molar-refractivity contribution is 5.79. The van der Waals surface area contributed by atoms with Gasteiger partial charge in [0.1, 0.15) is 5.82 Å². The second-order valence-corrected chi connectivity index (χ2v) is 8.22. The molecule has 0 radical (unpaired) electrons. The van der Waals surface area contributed by atoms with Crippen LogP contribution in [0.2, 0.25) is 0 Å². The van der Waals surface area contributed by atoms with Gasteiger partial charge >= 0.3 is 0 Å². The van der Waals surface area contributed by atoms with E-state index in [9.17, 15) is 5.11 Å². The molecule has 0 atom stereocenters. The second kappa shape index (κ2) is 12.7. The maximum Gasteiger partial charge on any atom is 0.191 e. The first-order valence-corrected chi connectivity index (χ1v) is 11.7. The van der Waals surface area contributed by atoms with Crippen LogP contribution in [0.25, 0.3) is 0 Å². The zero-order valence-corrected chi connectivity index (χ0v) is 19.5. The van der Waals surface area contributed by atoms with Crippen molar-refractivity contribution in [2.45, 2.75) is 65.5 Å². The van der Waals surface area contributed by atoms with Crippen LogP contribution in [0.4, 0.5) is 5.82 Å². The number of anilines is 1. The first kappa shape index (κ1) is 24.4. The summed E-state index contributed by atoms with van der Waals surface area (Å²) >= 11 is 0. The van der Waals surface area contributed by atoms with Crippen molar-refractivity contribution >= 4 is 11.8 Å². The Hall–Kier alpha value is -1.86. The van der Waals surface area contributed by atoms with Gasteiger partial charge in [-0.15, -0.1) is 0 Å². The molecular weight excluding hydrogens is 376 g/mol. The maximum absolute atomic E-state index is 10.9. The highest BCUT2D eigenvalue weighted by Crippen LogP contribution is 2.19. The van der Waals surface area contributed by atoms with Crippen molar-refractivity contribution in [3.63, 3.8) is 0 Å². The first-order valence-electron chi connectivity index (χ1n) is 11.7. The molecule has 0 bridgehead atoms. The van der Waals surface area contributed by atoms with Crippen LogP contribution in [0, 0.1) is 0 Å². The Morgan fingerprint density at radius 2 is 1.80 bits per heavy atom. The van der Waals surface area contributed by atoms with Crippen molar-refractivity contribution in [2.24, 2.45) is 4.99 Å². The summed E-state index contributed by atoms with van der Waals surface area (Å²) in [6.45, 7) is 15.7. The summed E-state index contributed by atoms with van der Waals surface area (Å²) in [5, 5.41) is 17.5. The van der Waals surface area contributed by atoms with Crippen molar-refractivity contribution in [1.29, 1.82) is 0 Å². The average Bonchev–Trinajstić information content (AvgIpc) is 2.76. The molecule has 0 aromatic carbocycles.